The van der Waals surface area contributed by atoms with Crippen molar-refractivity contribution in [3.05, 3.63) is 24.2 Å². The molecule has 1 saturated heterocycles. The van der Waals surface area contributed by atoms with Gasteiger partial charge >= 0.3 is 0 Å². The summed E-state index contributed by atoms with van der Waals surface area (Å²) in [4.78, 5) is 23.3. The maximum Gasteiger partial charge on any atom is 0.225 e. The van der Waals surface area contributed by atoms with Gasteiger partial charge in [-0.15, -0.1) is 5.10 Å². The number of carbonyl (C=O) groups is 1. The van der Waals surface area contributed by atoms with Gasteiger partial charge in [-0.1, -0.05) is 12.8 Å². The van der Waals surface area contributed by atoms with E-state index in [4.69, 9.17) is 4.42 Å². The summed E-state index contributed by atoms with van der Waals surface area (Å²) in [5.41, 5.74) is 0. The zero-order valence-electron chi connectivity index (χ0n) is 16.1. The first-order chi connectivity index (χ1) is 13.7. The van der Waals surface area contributed by atoms with Crippen molar-refractivity contribution in [2.24, 2.45) is 10.9 Å². The van der Waals surface area contributed by atoms with Crippen LogP contribution in [-0.4, -0.2) is 58.1 Å². The van der Waals surface area contributed by atoms with E-state index < -0.39 is 0 Å². The van der Waals surface area contributed by atoms with Gasteiger partial charge in [0.25, 0.3) is 0 Å². The highest BCUT2D eigenvalue weighted by Gasteiger charge is 2.32. The lowest BCUT2D eigenvalue weighted by Gasteiger charge is -2.21. The number of carbonyl (C=O) groups excluding carboxylic acids is 1. The van der Waals surface area contributed by atoms with Crippen LogP contribution in [0.1, 0.15) is 37.9 Å². The maximum atomic E-state index is 12.6. The van der Waals surface area contributed by atoms with Crippen LogP contribution in [0.5, 0.6) is 0 Å². The number of hydrogen-bond donors (Lipinski definition) is 3. The second-order valence-corrected chi connectivity index (χ2v) is 7.40. The molecule has 1 atom stereocenters. The first kappa shape index (κ1) is 18.5. The van der Waals surface area contributed by atoms with Crippen LogP contribution in [-0.2, 0) is 11.3 Å². The molecule has 3 heterocycles. The van der Waals surface area contributed by atoms with Crippen LogP contribution in [0.25, 0.3) is 11.6 Å². The zero-order valence-corrected chi connectivity index (χ0v) is 16.1. The first-order valence-electron chi connectivity index (χ1n) is 9.94. The molecule has 3 N–H and O–H groups in total. The number of aliphatic imine (C=N–C) groups is 1. The average molecular weight is 385 g/mol. The van der Waals surface area contributed by atoms with Gasteiger partial charge in [0.1, 0.15) is 5.82 Å². The van der Waals surface area contributed by atoms with Crippen LogP contribution < -0.4 is 10.6 Å². The Morgan fingerprint density at radius 1 is 1.39 bits per heavy atom. The Hall–Kier alpha value is -2.84. The molecule has 2 aliphatic rings. The number of nitrogens with one attached hydrogen (secondary N) is 3. The molecule has 1 aliphatic heterocycles. The number of furan rings is 1. The third kappa shape index (κ3) is 4.18. The van der Waals surface area contributed by atoms with E-state index in [1.807, 2.05) is 11.0 Å². The SMILES string of the molecule is CN=C(NCc1nc(-c2ccco2)n[nH]1)NC1CCN(C(=O)C2CCCC2)C1. The van der Waals surface area contributed by atoms with Crippen LogP contribution >= 0.6 is 0 Å². The smallest absolute Gasteiger partial charge is 0.225 e. The van der Waals surface area contributed by atoms with Crippen molar-refractivity contribution < 1.29 is 9.21 Å². The molecule has 0 aromatic carbocycles. The van der Waals surface area contributed by atoms with Crippen LogP contribution in [0.15, 0.2) is 27.8 Å². The molecule has 1 amide bonds. The predicted molar refractivity (Wildman–Crippen MR) is 104 cm³/mol. The summed E-state index contributed by atoms with van der Waals surface area (Å²) >= 11 is 0. The fourth-order valence-corrected chi connectivity index (χ4v) is 3.96. The van der Waals surface area contributed by atoms with Crippen LogP contribution in [0.2, 0.25) is 0 Å². The Morgan fingerprint density at radius 2 is 2.25 bits per heavy atom. The molecule has 1 saturated carbocycles. The van der Waals surface area contributed by atoms with Crippen molar-refractivity contribution in [1.82, 2.24) is 30.7 Å². The number of guanidine groups is 1. The minimum atomic E-state index is 0.213. The second kappa shape index (κ2) is 8.45. The fraction of sp³-hybridized carbons (Fsp3) is 0.579. The number of aromatic nitrogens is 3. The van der Waals surface area contributed by atoms with Gasteiger partial charge in [0, 0.05) is 32.1 Å². The number of H-pyrrole nitrogens is 1. The first-order valence-corrected chi connectivity index (χ1v) is 9.94. The van der Waals surface area contributed by atoms with Crippen LogP contribution in [0.4, 0.5) is 0 Å². The number of aromatic amines is 1. The molecular weight excluding hydrogens is 358 g/mol. The molecular formula is C19H27N7O2. The Morgan fingerprint density at radius 3 is 3.00 bits per heavy atom. The summed E-state index contributed by atoms with van der Waals surface area (Å²) in [5, 5.41) is 13.7. The van der Waals surface area contributed by atoms with E-state index in [0.717, 1.165) is 32.4 Å². The Labute approximate surface area is 164 Å². The van der Waals surface area contributed by atoms with Crippen molar-refractivity contribution >= 4 is 11.9 Å². The Bertz CT molecular complexity index is 808. The standard InChI is InChI=1S/C19H27N7O2/c1-20-19(21-11-16-23-17(25-24-16)15-7-4-10-28-15)22-14-8-9-26(12-14)18(27)13-5-2-3-6-13/h4,7,10,13-14H,2-3,5-6,8-9,11-12H2,1H3,(H2,20,21,22)(H,23,24,25). The largest absolute Gasteiger partial charge is 0.461 e. The quantitative estimate of drug-likeness (QED) is 0.532. The lowest BCUT2D eigenvalue weighted by molar-refractivity contribution is -0.134. The summed E-state index contributed by atoms with van der Waals surface area (Å²) in [7, 11) is 1.74. The summed E-state index contributed by atoms with van der Waals surface area (Å²) in [6, 6.07) is 3.84. The Balaban J connectivity index is 1.25. The van der Waals surface area contributed by atoms with Crippen LogP contribution in [0.3, 0.4) is 0 Å². The number of rotatable bonds is 5. The van der Waals surface area contributed by atoms with Crippen molar-refractivity contribution in [2.75, 3.05) is 20.1 Å². The molecule has 9 nitrogen and oxygen atoms in total. The molecule has 0 spiro atoms. The molecule has 0 bridgehead atoms. The summed E-state index contributed by atoms with van der Waals surface area (Å²) in [5.74, 6) is 3.11. The molecule has 150 valence electrons. The van der Waals surface area contributed by atoms with Gasteiger partial charge in [0.2, 0.25) is 11.7 Å². The highest BCUT2D eigenvalue weighted by Crippen LogP contribution is 2.27. The van der Waals surface area contributed by atoms with Crippen molar-refractivity contribution in [3.8, 4) is 11.6 Å². The molecule has 1 unspecified atom stereocenters. The fourth-order valence-electron chi connectivity index (χ4n) is 3.96. The third-order valence-corrected chi connectivity index (χ3v) is 5.47. The Kier molecular flexibility index (Phi) is 5.59. The molecule has 1 aliphatic carbocycles. The highest BCUT2D eigenvalue weighted by molar-refractivity contribution is 5.81. The van der Waals surface area contributed by atoms with Gasteiger partial charge in [0.15, 0.2) is 11.7 Å². The van der Waals surface area contributed by atoms with E-state index in [2.05, 4.69) is 30.8 Å². The van der Waals surface area contributed by atoms with E-state index in [9.17, 15) is 4.79 Å². The van der Waals surface area contributed by atoms with E-state index in [1.54, 1.807) is 19.4 Å². The van der Waals surface area contributed by atoms with E-state index in [-0.39, 0.29) is 12.0 Å². The zero-order chi connectivity index (χ0) is 19.3. The third-order valence-electron chi connectivity index (χ3n) is 5.47. The average Bonchev–Trinajstić information content (AvgIpc) is 3.50. The van der Waals surface area contributed by atoms with Gasteiger partial charge in [-0.3, -0.25) is 14.9 Å². The second-order valence-electron chi connectivity index (χ2n) is 7.40. The minimum absolute atomic E-state index is 0.213. The van der Waals surface area contributed by atoms with E-state index >= 15 is 0 Å². The highest BCUT2D eigenvalue weighted by atomic mass is 16.3. The van der Waals surface area contributed by atoms with Crippen molar-refractivity contribution in [1.29, 1.82) is 0 Å². The number of amides is 1. The topological polar surface area (TPSA) is 111 Å². The molecule has 2 fully saturated rings. The van der Waals surface area contributed by atoms with E-state index in [1.165, 1.54) is 12.8 Å². The maximum absolute atomic E-state index is 12.6. The van der Waals surface area contributed by atoms with Crippen molar-refractivity contribution in [3.63, 3.8) is 0 Å². The molecule has 4 rings (SSSR count). The summed E-state index contributed by atoms with van der Waals surface area (Å²) in [6.45, 7) is 2.02. The molecule has 28 heavy (non-hydrogen) atoms. The lowest BCUT2D eigenvalue weighted by atomic mass is 10.1. The van der Waals surface area contributed by atoms with E-state index in [0.29, 0.717) is 35.8 Å². The normalized spacial score (nSPS) is 20.7. The van der Waals surface area contributed by atoms with Gasteiger partial charge < -0.3 is 20.0 Å². The summed E-state index contributed by atoms with van der Waals surface area (Å²) in [6.07, 6.45) is 7.00. The molecule has 9 heteroatoms. The summed E-state index contributed by atoms with van der Waals surface area (Å²) < 4.78 is 5.30. The number of nitrogens with zero attached hydrogens (tertiary/aromatic N) is 4. The van der Waals surface area contributed by atoms with Gasteiger partial charge in [-0.2, -0.15) is 0 Å². The van der Waals surface area contributed by atoms with Crippen molar-refractivity contribution in [2.45, 2.75) is 44.7 Å². The molecule has 0 radical (unpaired) electrons. The predicted octanol–water partition coefficient (Wildman–Crippen LogP) is 1.52. The molecule has 2 aromatic heterocycles. The minimum Gasteiger partial charge on any atom is -0.461 e. The lowest BCUT2D eigenvalue weighted by Crippen LogP contribution is -2.45. The van der Waals surface area contributed by atoms with Gasteiger partial charge in [-0.05, 0) is 31.4 Å². The van der Waals surface area contributed by atoms with Gasteiger partial charge in [0.05, 0.1) is 12.8 Å². The van der Waals surface area contributed by atoms with Crippen LogP contribution in [0, 0.1) is 5.92 Å². The monoisotopic (exact) mass is 385 g/mol. The van der Waals surface area contributed by atoms with Gasteiger partial charge in [-0.25, -0.2) is 4.98 Å². The molecule has 2 aromatic rings. The number of likely N-dealkylation sites (tertiary alicyclic amines) is 1. The number of hydrogen-bond acceptors (Lipinski definition) is 5.